The molecule has 0 aliphatic carbocycles. The third-order valence-electron chi connectivity index (χ3n) is 3.04. The fourth-order valence-electron chi connectivity index (χ4n) is 1.89. The minimum atomic E-state index is -4.23. The third kappa shape index (κ3) is 3.39. The normalized spacial score (nSPS) is 11.1. The van der Waals surface area contributed by atoms with Gasteiger partial charge in [0.15, 0.2) is 0 Å². The summed E-state index contributed by atoms with van der Waals surface area (Å²) < 4.78 is 45.9. The van der Waals surface area contributed by atoms with Gasteiger partial charge in [-0.25, -0.2) is 22.6 Å². The molecule has 2 aromatic rings. The second kappa shape index (κ2) is 6.21. The number of carboxylic acids is 1. The van der Waals surface area contributed by atoms with Crippen molar-refractivity contribution < 1.29 is 27.4 Å². The summed E-state index contributed by atoms with van der Waals surface area (Å²) in [5.74, 6) is -2.33. The van der Waals surface area contributed by atoms with E-state index < -0.39 is 32.3 Å². The van der Waals surface area contributed by atoms with Crippen molar-refractivity contribution >= 4 is 21.7 Å². The SMILES string of the molecule is COc1ncccc1NS(=O)(=O)c1cc(C(=O)O)cc(F)c1C. The Morgan fingerprint density at radius 1 is 1.39 bits per heavy atom. The number of hydrogen-bond donors (Lipinski definition) is 2. The Bertz CT molecular complexity index is 867. The molecule has 0 unspecified atom stereocenters. The number of nitrogens with one attached hydrogen (secondary N) is 1. The van der Waals surface area contributed by atoms with E-state index in [1.807, 2.05) is 0 Å². The molecule has 0 aliphatic rings. The number of methoxy groups -OCH3 is 1. The number of carboxylic acid groups (broad SMARTS) is 1. The maximum atomic E-state index is 13.8. The topological polar surface area (TPSA) is 106 Å². The highest BCUT2D eigenvalue weighted by atomic mass is 32.2. The van der Waals surface area contributed by atoms with Crippen molar-refractivity contribution in [1.82, 2.24) is 4.98 Å². The maximum Gasteiger partial charge on any atom is 0.335 e. The first kappa shape index (κ1) is 16.7. The van der Waals surface area contributed by atoms with Gasteiger partial charge in [-0.3, -0.25) is 4.72 Å². The van der Waals surface area contributed by atoms with Crippen molar-refractivity contribution in [3.63, 3.8) is 0 Å². The van der Waals surface area contributed by atoms with E-state index >= 15 is 0 Å². The second-order valence-corrected chi connectivity index (χ2v) is 6.20. The van der Waals surface area contributed by atoms with Gasteiger partial charge in [0, 0.05) is 11.8 Å². The van der Waals surface area contributed by atoms with E-state index in [0.717, 1.165) is 12.1 Å². The van der Waals surface area contributed by atoms with Crippen LogP contribution in [-0.4, -0.2) is 31.6 Å². The molecule has 0 saturated carbocycles. The summed E-state index contributed by atoms with van der Waals surface area (Å²) in [6, 6.07) is 4.56. The number of ether oxygens (including phenoxy) is 1. The quantitative estimate of drug-likeness (QED) is 0.863. The smallest absolute Gasteiger partial charge is 0.335 e. The van der Waals surface area contributed by atoms with Crippen molar-refractivity contribution in [2.45, 2.75) is 11.8 Å². The maximum absolute atomic E-state index is 13.8. The zero-order chi connectivity index (χ0) is 17.2. The molecular weight excluding hydrogens is 327 g/mol. The standard InChI is InChI=1S/C14H13FN2O5S/c1-8-10(15)6-9(14(18)19)7-12(8)23(20,21)17-11-4-3-5-16-13(11)22-2/h3-7,17H,1-2H3,(H,18,19). The van der Waals surface area contributed by atoms with Crippen LogP contribution in [0.1, 0.15) is 15.9 Å². The van der Waals surface area contributed by atoms with Crippen LogP contribution < -0.4 is 9.46 Å². The van der Waals surface area contributed by atoms with E-state index in [1.165, 1.54) is 32.4 Å². The van der Waals surface area contributed by atoms with Gasteiger partial charge in [0.05, 0.1) is 17.6 Å². The van der Waals surface area contributed by atoms with Crippen molar-refractivity contribution in [2.75, 3.05) is 11.8 Å². The van der Waals surface area contributed by atoms with E-state index in [2.05, 4.69) is 9.71 Å². The number of sulfonamides is 1. The Hall–Kier alpha value is -2.68. The van der Waals surface area contributed by atoms with Gasteiger partial charge in [-0.1, -0.05) is 0 Å². The largest absolute Gasteiger partial charge is 0.480 e. The minimum Gasteiger partial charge on any atom is -0.480 e. The number of anilines is 1. The number of carbonyl (C=O) groups is 1. The summed E-state index contributed by atoms with van der Waals surface area (Å²) in [7, 11) is -2.91. The molecule has 2 rings (SSSR count). The van der Waals surface area contributed by atoms with Gasteiger partial charge in [0.2, 0.25) is 5.88 Å². The van der Waals surface area contributed by atoms with Crippen molar-refractivity contribution in [1.29, 1.82) is 0 Å². The molecule has 1 heterocycles. The molecule has 0 bridgehead atoms. The van der Waals surface area contributed by atoms with Crippen LogP contribution in [0.25, 0.3) is 0 Å². The summed E-state index contributed by atoms with van der Waals surface area (Å²) >= 11 is 0. The summed E-state index contributed by atoms with van der Waals surface area (Å²) in [5, 5.41) is 8.95. The van der Waals surface area contributed by atoms with Gasteiger partial charge in [-0.05, 0) is 31.2 Å². The average molecular weight is 340 g/mol. The molecule has 2 N–H and O–H groups in total. The van der Waals surface area contributed by atoms with Crippen LogP contribution in [0, 0.1) is 12.7 Å². The molecular formula is C14H13FN2O5S. The van der Waals surface area contributed by atoms with Crippen LogP contribution in [0.15, 0.2) is 35.4 Å². The highest BCUT2D eigenvalue weighted by Crippen LogP contribution is 2.26. The predicted octanol–water partition coefficient (Wildman–Crippen LogP) is 2.04. The zero-order valence-electron chi connectivity index (χ0n) is 12.2. The van der Waals surface area contributed by atoms with E-state index in [0.29, 0.717) is 0 Å². The first-order valence-electron chi connectivity index (χ1n) is 6.31. The number of halogens is 1. The molecule has 0 fully saturated rings. The molecule has 9 heteroatoms. The fraction of sp³-hybridized carbons (Fsp3) is 0.143. The molecule has 1 aromatic heterocycles. The van der Waals surface area contributed by atoms with E-state index in [4.69, 9.17) is 9.84 Å². The van der Waals surface area contributed by atoms with Crippen LogP contribution in [-0.2, 0) is 10.0 Å². The molecule has 0 aliphatic heterocycles. The number of aromatic nitrogens is 1. The Balaban J connectivity index is 2.54. The minimum absolute atomic E-state index is 0.0311. The van der Waals surface area contributed by atoms with Crippen LogP contribution in [0.2, 0.25) is 0 Å². The van der Waals surface area contributed by atoms with Crippen molar-refractivity contribution in [2.24, 2.45) is 0 Å². The fourth-order valence-corrected chi connectivity index (χ4v) is 3.22. The monoisotopic (exact) mass is 340 g/mol. The van der Waals surface area contributed by atoms with Gasteiger partial charge in [-0.2, -0.15) is 0 Å². The van der Waals surface area contributed by atoms with Crippen LogP contribution in [0.3, 0.4) is 0 Å². The third-order valence-corrected chi connectivity index (χ3v) is 4.53. The number of nitrogens with zero attached hydrogens (tertiary/aromatic N) is 1. The highest BCUT2D eigenvalue weighted by Gasteiger charge is 2.23. The number of benzene rings is 1. The van der Waals surface area contributed by atoms with Gasteiger partial charge in [-0.15, -0.1) is 0 Å². The zero-order valence-corrected chi connectivity index (χ0v) is 13.0. The molecule has 0 saturated heterocycles. The number of rotatable bonds is 5. The Morgan fingerprint density at radius 2 is 2.09 bits per heavy atom. The summed E-state index contributed by atoms with van der Waals surface area (Å²) in [6.07, 6.45) is 1.41. The van der Waals surface area contributed by atoms with Gasteiger partial charge < -0.3 is 9.84 Å². The lowest BCUT2D eigenvalue weighted by Gasteiger charge is -2.13. The van der Waals surface area contributed by atoms with Crippen LogP contribution in [0.5, 0.6) is 5.88 Å². The van der Waals surface area contributed by atoms with Crippen molar-refractivity contribution in [3.8, 4) is 5.88 Å². The predicted molar refractivity (Wildman–Crippen MR) is 79.7 cm³/mol. The van der Waals surface area contributed by atoms with E-state index in [-0.39, 0.29) is 17.1 Å². The lowest BCUT2D eigenvalue weighted by Crippen LogP contribution is -2.17. The molecule has 0 atom stereocenters. The summed E-state index contributed by atoms with van der Waals surface area (Å²) in [5.41, 5.74) is -0.604. The number of pyridine rings is 1. The van der Waals surface area contributed by atoms with E-state index in [1.54, 1.807) is 0 Å². The first-order valence-corrected chi connectivity index (χ1v) is 7.80. The molecule has 7 nitrogen and oxygen atoms in total. The highest BCUT2D eigenvalue weighted by molar-refractivity contribution is 7.92. The van der Waals surface area contributed by atoms with Crippen molar-refractivity contribution in [3.05, 3.63) is 47.4 Å². The van der Waals surface area contributed by atoms with E-state index in [9.17, 15) is 17.6 Å². The van der Waals surface area contributed by atoms with Gasteiger partial charge in [0.25, 0.3) is 10.0 Å². The lowest BCUT2D eigenvalue weighted by atomic mass is 10.1. The molecule has 122 valence electrons. The Morgan fingerprint density at radius 3 is 2.70 bits per heavy atom. The van der Waals surface area contributed by atoms with Gasteiger partial charge in [0.1, 0.15) is 11.5 Å². The molecule has 0 spiro atoms. The van der Waals surface area contributed by atoms with Gasteiger partial charge >= 0.3 is 5.97 Å². The first-order chi connectivity index (χ1) is 10.8. The summed E-state index contributed by atoms with van der Waals surface area (Å²) in [6.45, 7) is 1.25. The molecule has 0 radical (unpaired) electrons. The molecule has 0 amide bonds. The lowest BCUT2D eigenvalue weighted by molar-refractivity contribution is 0.0696. The molecule has 23 heavy (non-hydrogen) atoms. The average Bonchev–Trinajstić information content (AvgIpc) is 2.49. The second-order valence-electron chi connectivity index (χ2n) is 4.55. The van der Waals surface area contributed by atoms with Crippen LogP contribution >= 0.6 is 0 Å². The Labute approximate surface area is 131 Å². The Kier molecular flexibility index (Phi) is 4.50. The van der Waals surface area contributed by atoms with Crippen LogP contribution in [0.4, 0.5) is 10.1 Å². The molecule has 1 aromatic carbocycles. The summed E-state index contributed by atoms with van der Waals surface area (Å²) in [4.78, 5) is 14.4. The number of hydrogen-bond acceptors (Lipinski definition) is 5. The number of aromatic carboxylic acids is 1.